The van der Waals surface area contributed by atoms with Crippen molar-refractivity contribution in [3.63, 3.8) is 0 Å². The molecule has 0 aliphatic heterocycles. The van der Waals surface area contributed by atoms with Crippen LogP contribution in [0, 0.1) is 46.8 Å². The highest BCUT2D eigenvalue weighted by Gasteiger charge is 2.67. The SMILES string of the molecule is CC(CCc1ccccc1)CC(C)C1C(=O)C=CC1CC12CC1CC2CCCC(=O)NCC1CC1. The molecule has 0 spiro atoms. The van der Waals surface area contributed by atoms with Crippen LogP contribution in [-0.4, -0.2) is 18.2 Å². The first kappa shape index (κ1) is 24.8. The Labute approximate surface area is 212 Å². The van der Waals surface area contributed by atoms with Gasteiger partial charge in [0.2, 0.25) is 5.91 Å². The molecule has 1 N–H and O–H groups in total. The molecule has 1 aromatic carbocycles. The molecule has 35 heavy (non-hydrogen) atoms. The molecule has 0 radical (unpaired) electrons. The summed E-state index contributed by atoms with van der Waals surface area (Å²) >= 11 is 0. The van der Waals surface area contributed by atoms with Crippen LogP contribution in [0.2, 0.25) is 0 Å². The van der Waals surface area contributed by atoms with Gasteiger partial charge in [-0.1, -0.05) is 50.3 Å². The Bertz CT molecular complexity index is 919. The maximum atomic E-state index is 12.9. The highest BCUT2D eigenvalue weighted by Crippen LogP contribution is 2.75. The van der Waals surface area contributed by atoms with Gasteiger partial charge < -0.3 is 5.32 Å². The van der Waals surface area contributed by atoms with Crippen molar-refractivity contribution in [2.75, 3.05) is 6.54 Å². The van der Waals surface area contributed by atoms with Gasteiger partial charge in [0.25, 0.3) is 0 Å². The number of allylic oxidation sites excluding steroid dienone is 2. The first-order valence-electron chi connectivity index (χ1n) is 14.5. The average molecular weight is 476 g/mol. The molecular formula is C32H45NO2. The molecule has 0 saturated heterocycles. The number of fused-ring (bicyclic) bond motifs is 1. The maximum absolute atomic E-state index is 12.9. The maximum Gasteiger partial charge on any atom is 0.220 e. The lowest BCUT2D eigenvalue weighted by atomic mass is 9.64. The Morgan fingerprint density at radius 3 is 2.69 bits per heavy atom. The van der Waals surface area contributed by atoms with E-state index in [1.165, 1.54) is 50.5 Å². The second-order valence-electron chi connectivity index (χ2n) is 12.7. The van der Waals surface area contributed by atoms with Gasteiger partial charge in [0.15, 0.2) is 5.78 Å². The molecular weight excluding hydrogens is 430 g/mol. The fourth-order valence-corrected chi connectivity index (χ4v) is 7.59. The molecule has 5 rings (SSSR count). The molecule has 0 bridgehead atoms. The minimum absolute atomic E-state index is 0.180. The second kappa shape index (κ2) is 10.6. The summed E-state index contributed by atoms with van der Waals surface area (Å²) in [5, 5.41) is 3.12. The summed E-state index contributed by atoms with van der Waals surface area (Å²) in [7, 11) is 0. The lowest BCUT2D eigenvalue weighted by Crippen LogP contribution is -2.34. The van der Waals surface area contributed by atoms with E-state index in [1.807, 2.05) is 6.08 Å². The largest absolute Gasteiger partial charge is 0.356 e. The molecule has 4 aliphatic carbocycles. The Balaban J connectivity index is 1.07. The molecule has 7 unspecified atom stereocenters. The number of carbonyl (C=O) groups excluding carboxylic acids is 2. The van der Waals surface area contributed by atoms with Crippen LogP contribution in [0.1, 0.15) is 83.6 Å². The highest BCUT2D eigenvalue weighted by atomic mass is 16.1. The van der Waals surface area contributed by atoms with E-state index in [9.17, 15) is 9.59 Å². The fraction of sp³-hybridized carbons (Fsp3) is 0.688. The smallest absolute Gasteiger partial charge is 0.220 e. The number of rotatable bonds is 14. The number of carbonyl (C=O) groups is 2. The van der Waals surface area contributed by atoms with Gasteiger partial charge in [0.05, 0.1) is 0 Å². The quantitative estimate of drug-likeness (QED) is 0.323. The van der Waals surface area contributed by atoms with Crippen molar-refractivity contribution in [2.45, 2.75) is 84.5 Å². The molecule has 1 aromatic rings. The molecule has 3 fully saturated rings. The van der Waals surface area contributed by atoms with Crippen molar-refractivity contribution in [2.24, 2.45) is 46.8 Å². The zero-order valence-corrected chi connectivity index (χ0v) is 21.9. The number of benzene rings is 1. The Kier molecular flexibility index (Phi) is 7.51. The first-order chi connectivity index (χ1) is 16.9. The van der Waals surface area contributed by atoms with E-state index in [-0.39, 0.29) is 11.8 Å². The topological polar surface area (TPSA) is 46.2 Å². The second-order valence-corrected chi connectivity index (χ2v) is 12.7. The third kappa shape index (κ3) is 5.92. The summed E-state index contributed by atoms with van der Waals surface area (Å²) in [6, 6.07) is 10.8. The number of aryl methyl sites for hydroxylation is 1. The summed E-state index contributed by atoms with van der Waals surface area (Å²) in [6.45, 7) is 5.57. The third-order valence-corrected chi connectivity index (χ3v) is 9.97. The van der Waals surface area contributed by atoms with Gasteiger partial charge in [0.1, 0.15) is 0 Å². The molecule has 7 atom stereocenters. The van der Waals surface area contributed by atoms with Crippen LogP contribution in [0.25, 0.3) is 0 Å². The minimum atomic E-state index is 0.180. The van der Waals surface area contributed by atoms with Gasteiger partial charge in [-0.15, -0.1) is 0 Å². The number of nitrogens with one attached hydrogen (secondary N) is 1. The van der Waals surface area contributed by atoms with E-state index in [1.54, 1.807) is 0 Å². The Morgan fingerprint density at radius 1 is 1.17 bits per heavy atom. The number of amides is 1. The van der Waals surface area contributed by atoms with Crippen LogP contribution >= 0.6 is 0 Å². The lowest BCUT2D eigenvalue weighted by Gasteiger charge is -2.40. The van der Waals surface area contributed by atoms with Crippen molar-refractivity contribution < 1.29 is 9.59 Å². The summed E-state index contributed by atoms with van der Waals surface area (Å²) in [5.74, 6) is 4.71. The predicted octanol–water partition coefficient (Wildman–Crippen LogP) is 6.77. The third-order valence-electron chi connectivity index (χ3n) is 9.97. The van der Waals surface area contributed by atoms with Gasteiger partial charge in [-0.2, -0.15) is 0 Å². The Hall–Kier alpha value is -1.90. The normalized spacial score (nSPS) is 32.6. The fourth-order valence-electron chi connectivity index (χ4n) is 7.59. The van der Waals surface area contributed by atoms with E-state index in [0.717, 1.165) is 43.6 Å². The van der Waals surface area contributed by atoms with Gasteiger partial charge in [-0.05, 0) is 117 Å². The molecule has 3 nitrogen and oxygen atoms in total. The average Bonchev–Trinajstić information content (AvgIpc) is 3.73. The molecule has 190 valence electrons. The van der Waals surface area contributed by atoms with Gasteiger partial charge in [0, 0.05) is 18.9 Å². The zero-order chi connectivity index (χ0) is 24.4. The van der Waals surface area contributed by atoms with E-state index in [4.69, 9.17) is 0 Å². The van der Waals surface area contributed by atoms with Crippen LogP contribution in [-0.2, 0) is 16.0 Å². The molecule has 1 amide bonds. The summed E-state index contributed by atoms with van der Waals surface area (Å²) < 4.78 is 0. The van der Waals surface area contributed by atoms with Crippen LogP contribution < -0.4 is 5.32 Å². The van der Waals surface area contributed by atoms with Gasteiger partial charge in [-0.25, -0.2) is 0 Å². The van der Waals surface area contributed by atoms with Crippen molar-refractivity contribution >= 4 is 11.7 Å². The van der Waals surface area contributed by atoms with Crippen molar-refractivity contribution in [3.05, 3.63) is 48.0 Å². The zero-order valence-electron chi connectivity index (χ0n) is 21.9. The lowest BCUT2D eigenvalue weighted by molar-refractivity contribution is -0.122. The minimum Gasteiger partial charge on any atom is -0.356 e. The molecule has 3 heteroatoms. The van der Waals surface area contributed by atoms with Gasteiger partial charge in [-0.3, -0.25) is 9.59 Å². The van der Waals surface area contributed by atoms with Gasteiger partial charge >= 0.3 is 0 Å². The molecule has 3 saturated carbocycles. The van der Waals surface area contributed by atoms with E-state index < -0.39 is 0 Å². The van der Waals surface area contributed by atoms with E-state index in [0.29, 0.717) is 35.4 Å². The van der Waals surface area contributed by atoms with Crippen molar-refractivity contribution in [1.82, 2.24) is 5.32 Å². The molecule has 0 aromatic heterocycles. The molecule has 4 aliphatic rings. The van der Waals surface area contributed by atoms with Crippen molar-refractivity contribution in [1.29, 1.82) is 0 Å². The number of hydrogen-bond acceptors (Lipinski definition) is 2. The van der Waals surface area contributed by atoms with Crippen molar-refractivity contribution in [3.8, 4) is 0 Å². The monoisotopic (exact) mass is 475 g/mol. The van der Waals surface area contributed by atoms with Crippen LogP contribution in [0.15, 0.2) is 42.5 Å². The van der Waals surface area contributed by atoms with E-state index in [2.05, 4.69) is 55.6 Å². The summed E-state index contributed by atoms with van der Waals surface area (Å²) in [6.07, 6.45) is 17.0. The summed E-state index contributed by atoms with van der Waals surface area (Å²) in [5.41, 5.74) is 1.90. The standard InChI is InChI=1S/C32H45NO2/c1-22(11-12-24-7-4-3-5-8-24)17-23(2)31-26(15-16-29(31)34)19-32-20-28(32)18-27(32)9-6-10-30(35)33-21-25-13-14-25/h3-5,7-8,15-16,22-23,25-28,31H,6,9-14,17-21H2,1-2H3,(H,33,35). The Morgan fingerprint density at radius 2 is 1.97 bits per heavy atom. The van der Waals surface area contributed by atoms with Crippen LogP contribution in [0.5, 0.6) is 0 Å². The van der Waals surface area contributed by atoms with E-state index >= 15 is 0 Å². The van der Waals surface area contributed by atoms with Crippen LogP contribution in [0.3, 0.4) is 0 Å². The number of ketones is 1. The summed E-state index contributed by atoms with van der Waals surface area (Å²) in [4.78, 5) is 25.0. The first-order valence-corrected chi connectivity index (χ1v) is 14.5. The predicted molar refractivity (Wildman–Crippen MR) is 142 cm³/mol. The highest BCUT2D eigenvalue weighted by molar-refractivity contribution is 5.94. The molecule has 0 heterocycles. The number of hydrogen-bond donors (Lipinski definition) is 1. The van der Waals surface area contributed by atoms with Crippen LogP contribution in [0.4, 0.5) is 0 Å².